The predicted molar refractivity (Wildman–Crippen MR) is 54.4 cm³/mol. The Bertz CT molecular complexity index is 464. The number of hydrogen-bond acceptors (Lipinski definition) is 7. The van der Waals surface area contributed by atoms with Crippen molar-refractivity contribution in [2.75, 3.05) is 5.73 Å². The molecule has 0 spiro atoms. The smallest absolute Gasteiger partial charge is 0.222 e. The standard InChI is InChI=1S/C6H6ClN7S/c1-14-6(11-12-13-14)15-4-2-3(7)9-5(8)10-4/h2H,1H3,(H2,8,9,10). The van der Waals surface area contributed by atoms with Gasteiger partial charge < -0.3 is 5.73 Å². The van der Waals surface area contributed by atoms with Gasteiger partial charge in [0.25, 0.3) is 0 Å². The van der Waals surface area contributed by atoms with Crippen LogP contribution < -0.4 is 5.73 Å². The van der Waals surface area contributed by atoms with E-state index in [9.17, 15) is 0 Å². The molecule has 0 aliphatic heterocycles. The molecule has 0 atom stereocenters. The molecule has 2 rings (SSSR count). The molecule has 0 saturated carbocycles. The van der Waals surface area contributed by atoms with Gasteiger partial charge in [-0.1, -0.05) is 11.6 Å². The van der Waals surface area contributed by atoms with Crippen molar-refractivity contribution >= 4 is 29.3 Å². The molecule has 78 valence electrons. The normalized spacial score (nSPS) is 10.5. The second-order valence-corrected chi connectivity index (χ2v) is 3.95. The van der Waals surface area contributed by atoms with Crippen LogP contribution in [0, 0.1) is 0 Å². The van der Waals surface area contributed by atoms with E-state index in [1.807, 2.05) is 0 Å². The zero-order valence-corrected chi connectivity index (χ0v) is 9.20. The molecule has 15 heavy (non-hydrogen) atoms. The minimum absolute atomic E-state index is 0.125. The molecule has 0 amide bonds. The van der Waals surface area contributed by atoms with Crippen LogP contribution in [0.2, 0.25) is 5.15 Å². The lowest BCUT2D eigenvalue weighted by Crippen LogP contribution is -1.97. The van der Waals surface area contributed by atoms with Gasteiger partial charge >= 0.3 is 0 Å². The third-order valence-electron chi connectivity index (χ3n) is 1.47. The van der Waals surface area contributed by atoms with Crippen LogP contribution in [0.4, 0.5) is 5.95 Å². The lowest BCUT2D eigenvalue weighted by molar-refractivity contribution is 0.664. The van der Waals surface area contributed by atoms with E-state index >= 15 is 0 Å². The van der Waals surface area contributed by atoms with E-state index in [1.54, 1.807) is 13.1 Å². The Morgan fingerprint density at radius 2 is 2.27 bits per heavy atom. The van der Waals surface area contributed by atoms with Crippen LogP contribution in [0.1, 0.15) is 0 Å². The number of hydrogen-bond donors (Lipinski definition) is 1. The Kier molecular flexibility index (Phi) is 2.69. The van der Waals surface area contributed by atoms with Crippen LogP contribution in [0.15, 0.2) is 16.2 Å². The number of halogens is 1. The third-order valence-corrected chi connectivity index (χ3v) is 2.61. The Hall–Kier alpha value is -1.41. The van der Waals surface area contributed by atoms with Gasteiger partial charge in [-0.2, -0.15) is 0 Å². The number of aryl methyl sites for hydroxylation is 1. The van der Waals surface area contributed by atoms with Gasteiger partial charge in [-0.15, -0.1) is 5.10 Å². The molecule has 2 aromatic rings. The summed E-state index contributed by atoms with van der Waals surface area (Å²) in [6, 6.07) is 1.59. The lowest BCUT2D eigenvalue weighted by atomic mass is 10.7. The quantitative estimate of drug-likeness (QED) is 0.762. The number of nitrogens with zero attached hydrogens (tertiary/aromatic N) is 6. The summed E-state index contributed by atoms with van der Waals surface area (Å²) in [5, 5.41) is 12.5. The zero-order chi connectivity index (χ0) is 10.8. The molecule has 0 saturated heterocycles. The molecule has 2 aromatic heterocycles. The van der Waals surface area contributed by atoms with E-state index in [1.165, 1.54) is 16.4 Å². The number of nitrogen functional groups attached to an aromatic ring is 1. The Labute approximate surface area is 94.0 Å². The third kappa shape index (κ3) is 2.34. The molecule has 0 aliphatic rings. The van der Waals surface area contributed by atoms with Crippen molar-refractivity contribution in [3.8, 4) is 0 Å². The van der Waals surface area contributed by atoms with Crippen molar-refractivity contribution in [3.63, 3.8) is 0 Å². The summed E-state index contributed by atoms with van der Waals surface area (Å²) in [7, 11) is 1.73. The minimum atomic E-state index is 0.125. The van der Waals surface area contributed by atoms with Crippen LogP contribution in [-0.2, 0) is 7.05 Å². The summed E-state index contributed by atoms with van der Waals surface area (Å²) in [6.45, 7) is 0. The molecule has 0 aromatic carbocycles. The molecule has 0 radical (unpaired) electrons. The second-order valence-electron chi connectivity index (χ2n) is 2.57. The first kappa shape index (κ1) is 10.1. The van der Waals surface area contributed by atoms with E-state index < -0.39 is 0 Å². The number of nitrogens with two attached hydrogens (primary N) is 1. The maximum Gasteiger partial charge on any atom is 0.222 e. The molecule has 0 fully saturated rings. The van der Waals surface area contributed by atoms with E-state index in [-0.39, 0.29) is 5.95 Å². The SMILES string of the molecule is Cn1nnnc1Sc1cc(Cl)nc(N)n1. The Balaban J connectivity index is 2.28. The first-order valence-electron chi connectivity index (χ1n) is 3.85. The minimum Gasteiger partial charge on any atom is -0.368 e. The lowest BCUT2D eigenvalue weighted by Gasteiger charge is -1.99. The van der Waals surface area contributed by atoms with Crippen LogP contribution in [-0.4, -0.2) is 30.2 Å². The van der Waals surface area contributed by atoms with Gasteiger partial charge in [0, 0.05) is 13.1 Å². The van der Waals surface area contributed by atoms with Gasteiger partial charge in [0.1, 0.15) is 10.2 Å². The van der Waals surface area contributed by atoms with Crippen molar-refractivity contribution in [2.24, 2.45) is 7.05 Å². The summed E-state index contributed by atoms with van der Waals surface area (Å²) in [6.07, 6.45) is 0. The van der Waals surface area contributed by atoms with Crippen molar-refractivity contribution in [2.45, 2.75) is 10.2 Å². The molecule has 0 aliphatic carbocycles. The monoisotopic (exact) mass is 243 g/mol. The highest BCUT2D eigenvalue weighted by atomic mass is 35.5. The molecule has 0 bridgehead atoms. The van der Waals surface area contributed by atoms with Gasteiger partial charge in [-0.3, -0.25) is 0 Å². The van der Waals surface area contributed by atoms with Gasteiger partial charge in [-0.25, -0.2) is 14.6 Å². The van der Waals surface area contributed by atoms with Gasteiger partial charge in [0.15, 0.2) is 0 Å². The van der Waals surface area contributed by atoms with Crippen LogP contribution >= 0.6 is 23.4 Å². The summed E-state index contributed by atoms with van der Waals surface area (Å²) in [5.41, 5.74) is 5.45. The first-order chi connectivity index (χ1) is 7.15. The molecule has 7 nitrogen and oxygen atoms in total. The van der Waals surface area contributed by atoms with Crippen LogP contribution in [0.5, 0.6) is 0 Å². The largest absolute Gasteiger partial charge is 0.368 e. The average molecular weight is 244 g/mol. The summed E-state index contributed by atoms with van der Waals surface area (Å²) < 4.78 is 1.52. The Morgan fingerprint density at radius 1 is 1.47 bits per heavy atom. The number of anilines is 1. The number of aromatic nitrogens is 6. The maximum absolute atomic E-state index is 5.73. The van der Waals surface area contributed by atoms with E-state index in [0.29, 0.717) is 15.3 Å². The highest BCUT2D eigenvalue weighted by Gasteiger charge is 2.07. The Morgan fingerprint density at radius 3 is 2.87 bits per heavy atom. The average Bonchev–Trinajstić information content (AvgIpc) is 2.50. The van der Waals surface area contributed by atoms with Gasteiger partial charge in [0.2, 0.25) is 11.1 Å². The van der Waals surface area contributed by atoms with Crippen LogP contribution in [0.25, 0.3) is 0 Å². The molecule has 2 N–H and O–H groups in total. The maximum atomic E-state index is 5.73. The summed E-state index contributed by atoms with van der Waals surface area (Å²) >= 11 is 6.99. The summed E-state index contributed by atoms with van der Waals surface area (Å²) in [4.78, 5) is 7.73. The fraction of sp³-hybridized carbons (Fsp3) is 0.167. The molecular formula is C6H6ClN7S. The molecule has 0 unspecified atom stereocenters. The van der Waals surface area contributed by atoms with Crippen molar-refractivity contribution in [1.29, 1.82) is 0 Å². The van der Waals surface area contributed by atoms with E-state index in [4.69, 9.17) is 17.3 Å². The molecule has 2 heterocycles. The first-order valence-corrected chi connectivity index (χ1v) is 5.05. The molecular weight excluding hydrogens is 238 g/mol. The van der Waals surface area contributed by atoms with E-state index in [0.717, 1.165) is 0 Å². The predicted octanol–water partition coefficient (Wildman–Crippen LogP) is 0.387. The number of tetrazole rings is 1. The van der Waals surface area contributed by atoms with Crippen molar-refractivity contribution in [1.82, 2.24) is 30.2 Å². The van der Waals surface area contributed by atoms with E-state index in [2.05, 4.69) is 25.5 Å². The van der Waals surface area contributed by atoms with Gasteiger partial charge in [-0.05, 0) is 22.2 Å². The second kappa shape index (κ2) is 3.99. The fourth-order valence-corrected chi connectivity index (χ4v) is 1.86. The topological polar surface area (TPSA) is 95.4 Å². The van der Waals surface area contributed by atoms with Crippen LogP contribution in [0.3, 0.4) is 0 Å². The highest BCUT2D eigenvalue weighted by Crippen LogP contribution is 2.24. The zero-order valence-electron chi connectivity index (χ0n) is 7.62. The van der Waals surface area contributed by atoms with Crippen molar-refractivity contribution < 1.29 is 0 Å². The molecule has 9 heteroatoms. The highest BCUT2D eigenvalue weighted by molar-refractivity contribution is 7.99. The summed E-state index contributed by atoms with van der Waals surface area (Å²) in [5.74, 6) is 0.125. The van der Waals surface area contributed by atoms with Crippen molar-refractivity contribution in [3.05, 3.63) is 11.2 Å². The number of rotatable bonds is 2. The van der Waals surface area contributed by atoms with Gasteiger partial charge in [0.05, 0.1) is 0 Å². The fourth-order valence-electron chi connectivity index (χ4n) is 0.867.